The molecule has 4 heteroatoms. The van der Waals surface area contributed by atoms with E-state index in [2.05, 4.69) is 29.4 Å². The molecule has 98 valence electrons. The van der Waals surface area contributed by atoms with Crippen molar-refractivity contribution in [1.29, 1.82) is 0 Å². The third-order valence-electron chi connectivity index (χ3n) is 3.54. The minimum atomic E-state index is -0.433. The molecular weight excluding hydrogens is 226 g/mol. The van der Waals surface area contributed by atoms with Crippen LogP contribution in [0, 0.1) is 0 Å². The molecule has 1 heterocycles. The standard InChI is InChI=1S/C14H21N3O/c1-14(2)11-8-10(9-17(3)7-6-15)4-5-12(11)16-13(14)18/h4-5,8H,6-7,9,15H2,1-3H3,(H,16,18). The van der Waals surface area contributed by atoms with Gasteiger partial charge >= 0.3 is 0 Å². The van der Waals surface area contributed by atoms with E-state index < -0.39 is 5.41 Å². The highest BCUT2D eigenvalue weighted by molar-refractivity contribution is 6.05. The van der Waals surface area contributed by atoms with Crippen molar-refractivity contribution < 1.29 is 4.79 Å². The second-order valence-electron chi connectivity index (χ2n) is 5.49. The van der Waals surface area contributed by atoms with Crippen LogP contribution < -0.4 is 11.1 Å². The zero-order chi connectivity index (χ0) is 13.3. The molecule has 0 spiro atoms. The molecule has 18 heavy (non-hydrogen) atoms. The van der Waals surface area contributed by atoms with Crippen molar-refractivity contribution in [1.82, 2.24) is 4.90 Å². The lowest BCUT2D eigenvalue weighted by Crippen LogP contribution is -2.27. The molecule has 2 rings (SSSR count). The molecule has 1 amide bonds. The molecule has 0 bridgehead atoms. The minimum Gasteiger partial charge on any atom is -0.329 e. The van der Waals surface area contributed by atoms with Crippen molar-refractivity contribution in [2.75, 3.05) is 25.5 Å². The highest BCUT2D eigenvalue weighted by Crippen LogP contribution is 2.37. The number of benzene rings is 1. The van der Waals surface area contributed by atoms with Crippen LogP contribution in [0.1, 0.15) is 25.0 Å². The maximum Gasteiger partial charge on any atom is 0.234 e. The monoisotopic (exact) mass is 247 g/mol. The molecule has 1 aliphatic heterocycles. The fraction of sp³-hybridized carbons (Fsp3) is 0.500. The number of fused-ring (bicyclic) bond motifs is 1. The summed E-state index contributed by atoms with van der Waals surface area (Å²) in [6.45, 7) is 6.31. The van der Waals surface area contributed by atoms with Gasteiger partial charge in [0.25, 0.3) is 0 Å². The van der Waals surface area contributed by atoms with Crippen LogP contribution in [-0.2, 0) is 16.8 Å². The Hall–Kier alpha value is -1.39. The first-order chi connectivity index (χ1) is 8.45. The van der Waals surface area contributed by atoms with Gasteiger partial charge in [-0.25, -0.2) is 0 Å². The molecule has 0 radical (unpaired) electrons. The van der Waals surface area contributed by atoms with E-state index in [0.717, 1.165) is 24.3 Å². The summed E-state index contributed by atoms with van der Waals surface area (Å²) in [4.78, 5) is 14.0. The summed E-state index contributed by atoms with van der Waals surface area (Å²) in [5, 5.41) is 2.92. The molecule has 4 nitrogen and oxygen atoms in total. The first kappa shape index (κ1) is 13.1. The van der Waals surface area contributed by atoms with Crippen molar-refractivity contribution in [3.05, 3.63) is 29.3 Å². The fourth-order valence-electron chi connectivity index (χ4n) is 2.33. The molecule has 0 aromatic heterocycles. The molecule has 0 saturated heterocycles. The van der Waals surface area contributed by atoms with E-state index in [1.807, 2.05) is 19.9 Å². The smallest absolute Gasteiger partial charge is 0.234 e. The minimum absolute atomic E-state index is 0.0740. The Labute approximate surface area is 108 Å². The summed E-state index contributed by atoms with van der Waals surface area (Å²) in [5.74, 6) is 0.0740. The van der Waals surface area contributed by atoms with Crippen molar-refractivity contribution >= 4 is 11.6 Å². The van der Waals surface area contributed by atoms with E-state index in [1.54, 1.807) is 0 Å². The lowest BCUT2D eigenvalue weighted by molar-refractivity contribution is -0.119. The molecule has 0 atom stereocenters. The number of carbonyl (C=O) groups is 1. The Kier molecular flexibility index (Phi) is 3.41. The van der Waals surface area contributed by atoms with Gasteiger partial charge in [0.15, 0.2) is 0 Å². The normalized spacial score (nSPS) is 16.8. The summed E-state index contributed by atoms with van der Waals surface area (Å²) >= 11 is 0. The van der Waals surface area contributed by atoms with Crippen molar-refractivity contribution in [2.45, 2.75) is 25.8 Å². The van der Waals surface area contributed by atoms with Gasteiger partial charge in [0.05, 0.1) is 5.41 Å². The average Bonchev–Trinajstić information content (AvgIpc) is 2.51. The third-order valence-corrected chi connectivity index (χ3v) is 3.54. The molecule has 0 unspecified atom stereocenters. The van der Waals surface area contributed by atoms with E-state index in [9.17, 15) is 4.79 Å². The number of amides is 1. The van der Waals surface area contributed by atoms with Crippen molar-refractivity contribution in [3.8, 4) is 0 Å². The number of anilines is 1. The van der Waals surface area contributed by atoms with Gasteiger partial charge in [-0.2, -0.15) is 0 Å². The Morgan fingerprint density at radius 3 is 2.78 bits per heavy atom. The number of likely N-dealkylation sites (N-methyl/N-ethyl adjacent to an activating group) is 1. The van der Waals surface area contributed by atoms with Crippen LogP contribution >= 0.6 is 0 Å². The van der Waals surface area contributed by atoms with Gasteiger partial charge < -0.3 is 16.0 Å². The van der Waals surface area contributed by atoms with Crippen LogP contribution in [0.25, 0.3) is 0 Å². The second kappa shape index (κ2) is 4.71. The SMILES string of the molecule is CN(CCN)Cc1ccc2c(c1)C(C)(C)C(=O)N2. The maximum absolute atomic E-state index is 11.9. The molecule has 1 aliphatic rings. The first-order valence-corrected chi connectivity index (χ1v) is 6.28. The zero-order valence-corrected chi connectivity index (χ0v) is 11.3. The Bertz CT molecular complexity index is 468. The van der Waals surface area contributed by atoms with Crippen LogP contribution in [0.2, 0.25) is 0 Å². The van der Waals surface area contributed by atoms with E-state index in [1.165, 1.54) is 5.56 Å². The highest BCUT2D eigenvalue weighted by Gasteiger charge is 2.38. The van der Waals surface area contributed by atoms with Crippen molar-refractivity contribution in [3.63, 3.8) is 0 Å². The quantitative estimate of drug-likeness (QED) is 0.843. The molecule has 3 N–H and O–H groups in total. The van der Waals surface area contributed by atoms with Gasteiger partial charge in [0.2, 0.25) is 5.91 Å². The van der Waals surface area contributed by atoms with E-state index in [0.29, 0.717) is 6.54 Å². The molecule has 0 aliphatic carbocycles. The van der Waals surface area contributed by atoms with Crippen LogP contribution in [-0.4, -0.2) is 30.9 Å². The summed E-state index contributed by atoms with van der Waals surface area (Å²) in [7, 11) is 2.05. The second-order valence-corrected chi connectivity index (χ2v) is 5.49. The van der Waals surface area contributed by atoms with E-state index >= 15 is 0 Å². The van der Waals surface area contributed by atoms with E-state index in [-0.39, 0.29) is 5.91 Å². The number of hydrogen-bond donors (Lipinski definition) is 2. The Morgan fingerprint density at radius 2 is 2.11 bits per heavy atom. The number of hydrogen-bond acceptors (Lipinski definition) is 3. The predicted molar refractivity (Wildman–Crippen MR) is 73.5 cm³/mol. The predicted octanol–water partition coefficient (Wildman–Crippen LogP) is 1.31. The third kappa shape index (κ3) is 2.26. The number of nitrogens with two attached hydrogens (primary N) is 1. The molecular formula is C14H21N3O. The van der Waals surface area contributed by atoms with Gasteiger partial charge in [-0.15, -0.1) is 0 Å². The van der Waals surface area contributed by atoms with Crippen LogP contribution in [0.5, 0.6) is 0 Å². The van der Waals surface area contributed by atoms with Crippen molar-refractivity contribution in [2.24, 2.45) is 5.73 Å². The fourth-order valence-corrected chi connectivity index (χ4v) is 2.33. The molecule has 0 fully saturated rings. The van der Waals surface area contributed by atoms with Crippen LogP contribution in [0.3, 0.4) is 0 Å². The molecule has 0 saturated carbocycles. The Morgan fingerprint density at radius 1 is 1.39 bits per heavy atom. The first-order valence-electron chi connectivity index (χ1n) is 6.28. The van der Waals surface area contributed by atoms with Crippen LogP contribution in [0.15, 0.2) is 18.2 Å². The topological polar surface area (TPSA) is 58.4 Å². The van der Waals surface area contributed by atoms with Gasteiger partial charge in [0, 0.05) is 25.3 Å². The number of nitrogens with zero attached hydrogens (tertiary/aromatic N) is 1. The van der Waals surface area contributed by atoms with E-state index in [4.69, 9.17) is 5.73 Å². The summed E-state index contributed by atoms with van der Waals surface area (Å²) in [6.07, 6.45) is 0. The van der Waals surface area contributed by atoms with Gasteiger partial charge in [0.1, 0.15) is 0 Å². The van der Waals surface area contributed by atoms with Crippen LogP contribution in [0.4, 0.5) is 5.69 Å². The number of rotatable bonds is 4. The number of nitrogens with one attached hydrogen (secondary N) is 1. The van der Waals surface area contributed by atoms with Gasteiger partial charge in [-0.1, -0.05) is 12.1 Å². The summed E-state index contributed by atoms with van der Waals surface area (Å²) in [5.41, 5.74) is 8.35. The lowest BCUT2D eigenvalue weighted by Gasteiger charge is -2.18. The summed E-state index contributed by atoms with van der Waals surface area (Å²) in [6, 6.07) is 6.18. The van der Waals surface area contributed by atoms with Gasteiger partial charge in [-0.3, -0.25) is 4.79 Å². The molecule has 1 aromatic carbocycles. The largest absolute Gasteiger partial charge is 0.329 e. The maximum atomic E-state index is 11.9. The zero-order valence-electron chi connectivity index (χ0n) is 11.3. The highest BCUT2D eigenvalue weighted by atomic mass is 16.2. The summed E-state index contributed by atoms with van der Waals surface area (Å²) < 4.78 is 0. The average molecular weight is 247 g/mol. The molecule has 1 aromatic rings. The lowest BCUT2D eigenvalue weighted by atomic mass is 9.85. The van der Waals surface area contributed by atoms with Gasteiger partial charge in [-0.05, 0) is 38.1 Å². The Balaban J connectivity index is 2.23. The number of carbonyl (C=O) groups excluding carboxylic acids is 1.